The van der Waals surface area contributed by atoms with E-state index in [-0.39, 0.29) is 5.91 Å². The Morgan fingerprint density at radius 2 is 2.27 bits per heavy atom. The van der Waals surface area contributed by atoms with E-state index >= 15 is 0 Å². The van der Waals surface area contributed by atoms with Gasteiger partial charge in [0.15, 0.2) is 0 Å². The zero-order valence-electron chi connectivity index (χ0n) is 6.97. The van der Waals surface area contributed by atoms with Crippen LogP contribution in [0.15, 0.2) is 0 Å². The summed E-state index contributed by atoms with van der Waals surface area (Å²) in [5, 5.41) is 3.07. The molecule has 62 valence electrons. The molecule has 1 amide bonds. The van der Waals surface area contributed by atoms with Crippen LogP contribution >= 0.6 is 0 Å². The number of carbonyl (C=O) groups excluding carboxylic acids is 1. The van der Waals surface area contributed by atoms with Crippen LogP contribution in [0.4, 0.5) is 0 Å². The fourth-order valence-electron chi connectivity index (χ4n) is 2.50. The van der Waals surface area contributed by atoms with Crippen molar-refractivity contribution in [2.75, 3.05) is 0 Å². The summed E-state index contributed by atoms with van der Waals surface area (Å²) >= 11 is 0. The smallest absolute Gasteiger partial charge is 0.220 e. The zero-order valence-corrected chi connectivity index (χ0v) is 6.97. The maximum absolute atomic E-state index is 11.0. The number of hydrogen-bond donors (Lipinski definition) is 1. The van der Waals surface area contributed by atoms with Gasteiger partial charge in [-0.3, -0.25) is 4.79 Å². The molecule has 0 bridgehead atoms. The first-order valence-corrected chi connectivity index (χ1v) is 4.57. The summed E-state index contributed by atoms with van der Waals surface area (Å²) in [7, 11) is 0. The fourth-order valence-corrected chi connectivity index (χ4v) is 2.50. The lowest BCUT2D eigenvalue weighted by atomic mass is 9.79. The first-order valence-electron chi connectivity index (χ1n) is 4.57. The normalized spacial score (nSPS) is 43.4. The van der Waals surface area contributed by atoms with Gasteiger partial charge in [0.1, 0.15) is 0 Å². The largest absolute Gasteiger partial charge is 0.353 e. The summed E-state index contributed by atoms with van der Waals surface area (Å²) in [6.45, 7) is 2.25. The molecule has 1 saturated carbocycles. The lowest BCUT2D eigenvalue weighted by molar-refractivity contribution is -0.119. The molecular weight excluding hydrogens is 138 g/mol. The highest BCUT2D eigenvalue weighted by Gasteiger charge is 2.37. The summed E-state index contributed by atoms with van der Waals surface area (Å²) < 4.78 is 0. The highest BCUT2D eigenvalue weighted by Crippen LogP contribution is 2.34. The van der Waals surface area contributed by atoms with Gasteiger partial charge in [0.05, 0.1) is 0 Å². The van der Waals surface area contributed by atoms with Crippen molar-refractivity contribution in [2.24, 2.45) is 11.8 Å². The molecule has 1 N–H and O–H groups in total. The lowest BCUT2D eigenvalue weighted by Crippen LogP contribution is -2.37. The standard InChI is InChI=1S/C9H15NO/c1-6-3-2-4-7-5-8(11)10-9(6)7/h6-7,9H,2-5H2,1H3,(H,10,11)/t6-,7+,9+/m0/s1. The van der Waals surface area contributed by atoms with Crippen LogP contribution in [-0.2, 0) is 4.79 Å². The minimum absolute atomic E-state index is 0.272. The summed E-state index contributed by atoms with van der Waals surface area (Å²) in [6, 6.07) is 0.510. The summed E-state index contributed by atoms with van der Waals surface area (Å²) in [6.07, 6.45) is 4.65. The molecule has 0 radical (unpaired) electrons. The van der Waals surface area contributed by atoms with Crippen LogP contribution in [0.25, 0.3) is 0 Å². The fraction of sp³-hybridized carbons (Fsp3) is 0.889. The van der Waals surface area contributed by atoms with Gasteiger partial charge >= 0.3 is 0 Å². The molecule has 2 nitrogen and oxygen atoms in total. The van der Waals surface area contributed by atoms with Crippen LogP contribution in [0.3, 0.4) is 0 Å². The van der Waals surface area contributed by atoms with Gasteiger partial charge in [-0.05, 0) is 24.7 Å². The van der Waals surface area contributed by atoms with Gasteiger partial charge in [-0.25, -0.2) is 0 Å². The van der Waals surface area contributed by atoms with E-state index < -0.39 is 0 Å². The summed E-state index contributed by atoms with van der Waals surface area (Å²) in [5.41, 5.74) is 0. The second-order valence-corrected chi connectivity index (χ2v) is 3.97. The Balaban J connectivity index is 2.09. The van der Waals surface area contributed by atoms with E-state index in [1.807, 2.05) is 0 Å². The van der Waals surface area contributed by atoms with E-state index in [4.69, 9.17) is 0 Å². The van der Waals surface area contributed by atoms with Gasteiger partial charge in [-0.1, -0.05) is 13.3 Å². The Morgan fingerprint density at radius 1 is 1.45 bits per heavy atom. The molecule has 1 aliphatic heterocycles. The van der Waals surface area contributed by atoms with Crippen molar-refractivity contribution in [3.05, 3.63) is 0 Å². The molecule has 0 unspecified atom stereocenters. The number of fused-ring (bicyclic) bond motifs is 1. The molecule has 0 aromatic carbocycles. The van der Waals surface area contributed by atoms with Gasteiger partial charge in [-0.2, -0.15) is 0 Å². The van der Waals surface area contributed by atoms with Crippen LogP contribution in [0.5, 0.6) is 0 Å². The highest BCUT2D eigenvalue weighted by molar-refractivity contribution is 5.79. The monoisotopic (exact) mass is 153 g/mol. The van der Waals surface area contributed by atoms with Crippen molar-refractivity contribution < 1.29 is 4.79 Å². The third-order valence-corrected chi connectivity index (χ3v) is 3.13. The average Bonchev–Trinajstić information content (AvgIpc) is 2.31. The van der Waals surface area contributed by atoms with Crippen molar-refractivity contribution in [3.8, 4) is 0 Å². The topological polar surface area (TPSA) is 29.1 Å². The summed E-state index contributed by atoms with van der Waals surface area (Å²) in [5.74, 6) is 1.64. The molecule has 2 rings (SSSR count). The lowest BCUT2D eigenvalue weighted by Gasteiger charge is -2.30. The van der Waals surface area contributed by atoms with Crippen LogP contribution in [0.2, 0.25) is 0 Å². The number of hydrogen-bond acceptors (Lipinski definition) is 1. The van der Waals surface area contributed by atoms with Gasteiger partial charge in [-0.15, -0.1) is 0 Å². The number of carbonyl (C=O) groups is 1. The van der Waals surface area contributed by atoms with Gasteiger partial charge in [0.25, 0.3) is 0 Å². The molecule has 1 saturated heterocycles. The van der Waals surface area contributed by atoms with E-state index in [1.165, 1.54) is 19.3 Å². The average molecular weight is 153 g/mol. The predicted molar refractivity (Wildman–Crippen MR) is 43.1 cm³/mol. The quantitative estimate of drug-likeness (QED) is 0.558. The molecule has 2 aliphatic rings. The van der Waals surface area contributed by atoms with Gasteiger partial charge in [0, 0.05) is 12.5 Å². The molecule has 1 heterocycles. The maximum Gasteiger partial charge on any atom is 0.220 e. The zero-order chi connectivity index (χ0) is 7.84. The van der Waals surface area contributed by atoms with Crippen LogP contribution in [-0.4, -0.2) is 11.9 Å². The number of nitrogens with one attached hydrogen (secondary N) is 1. The highest BCUT2D eigenvalue weighted by atomic mass is 16.2. The summed E-state index contributed by atoms with van der Waals surface area (Å²) in [4.78, 5) is 11.0. The molecule has 2 heteroatoms. The van der Waals surface area contributed by atoms with Crippen LogP contribution in [0, 0.1) is 11.8 Å². The van der Waals surface area contributed by atoms with E-state index in [9.17, 15) is 4.79 Å². The van der Waals surface area contributed by atoms with Crippen LogP contribution in [0.1, 0.15) is 32.6 Å². The first-order chi connectivity index (χ1) is 5.27. The molecule has 0 aromatic rings. The Labute approximate surface area is 67.4 Å². The minimum atomic E-state index is 0.272. The minimum Gasteiger partial charge on any atom is -0.353 e. The molecule has 1 aliphatic carbocycles. The van der Waals surface area contributed by atoms with Crippen molar-refractivity contribution in [2.45, 2.75) is 38.6 Å². The second kappa shape index (κ2) is 2.50. The Kier molecular flexibility index (Phi) is 1.63. The third kappa shape index (κ3) is 1.15. The molecular formula is C9H15NO. The van der Waals surface area contributed by atoms with Crippen molar-refractivity contribution >= 4 is 5.91 Å². The third-order valence-electron chi connectivity index (χ3n) is 3.13. The van der Waals surface area contributed by atoms with E-state index in [1.54, 1.807) is 0 Å². The molecule has 2 fully saturated rings. The predicted octanol–water partition coefficient (Wildman–Crippen LogP) is 1.31. The molecule has 0 spiro atoms. The maximum atomic E-state index is 11.0. The number of rotatable bonds is 0. The van der Waals surface area contributed by atoms with E-state index in [0.29, 0.717) is 17.9 Å². The second-order valence-electron chi connectivity index (χ2n) is 3.97. The first kappa shape index (κ1) is 7.14. The van der Waals surface area contributed by atoms with Crippen molar-refractivity contribution in [1.82, 2.24) is 5.32 Å². The Hall–Kier alpha value is -0.530. The molecule has 0 aromatic heterocycles. The van der Waals surface area contributed by atoms with E-state index in [2.05, 4.69) is 12.2 Å². The SMILES string of the molecule is C[C@H]1CCC[C@@H]2CC(=O)N[C@@H]21. The number of amides is 1. The van der Waals surface area contributed by atoms with Crippen LogP contribution < -0.4 is 5.32 Å². The molecule has 3 atom stereocenters. The van der Waals surface area contributed by atoms with E-state index in [0.717, 1.165) is 6.42 Å². The van der Waals surface area contributed by atoms with Gasteiger partial charge < -0.3 is 5.32 Å². The Morgan fingerprint density at radius 3 is 3.00 bits per heavy atom. The van der Waals surface area contributed by atoms with Crippen molar-refractivity contribution in [1.29, 1.82) is 0 Å². The molecule has 11 heavy (non-hydrogen) atoms. The Bertz CT molecular complexity index is 178. The van der Waals surface area contributed by atoms with Crippen molar-refractivity contribution in [3.63, 3.8) is 0 Å². The van der Waals surface area contributed by atoms with Gasteiger partial charge in [0.2, 0.25) is 5.91 Å².